The third-order valence-electron chi connectivity index (χ3n) is 5.60. The molecule has 0 atom stereocenters. The van der Waals surface area contributed by atoms with Gasteiger partial charge >= 0.3 is 0 Å². The summed E-state index contributed by atoms with van der Waals surface area (Å²) in [6.07, 6.45) is 0.702. The summed E-state index contributed by atoms with van der Waals surface area (Å²) in [6, 6.07) is 16.8. The summed E-state index contributed by atoms with van der Waals surface area (Å²) in [6.45, 7) is 5.95. The van der Waals surface area contributed by atoms with Crippen LogP contribution in [0.5, 0.6) is 0 Å². The average Bonchev–Trinajstić information content (AvgIpc) is 3.32. The van der Waals surface area contributed by atoms with Crippen molar-refractivity contribution < 1.29 is 14.4 Å². The molecule has 7 heteroatoms. The second-order valence-electron chi connectivity index (χ2n) is 7.63. The Balaban J connectivity index is 1.46. The van der Waals surface area contributed by atoms with Gasteiger partial charge in [0.15, 0.2) is 0 Å². The summed E-state index contributed by atoms with van der Waals surface area (Å²) < 4.78 is 2.00. The van der Waals surface area contributed by atoms with Crippen LogP contribution in [-0.4, -0.2) is 28.8 Å². The van der Waals surface area contributed by atoms with Gasteiger partial charge in [0.1, 0.15) is 0 Å². The Hall–Kier alpha value is -3.87. The SMILES string of the molecule is CC(=O)N1CCc2cc(C(=O)NNC(=O)c3cc(C)n(-c4ccccc4)c3C)ccc21. The van der Waals surface area contributed by atoms with Gasteiger partial charge < -0.3 is 9.47 Å². The van der Waals surface area contributed by atoms with E-state index < -0.39 is 5.91 Å². The van der Waals surface area contributed by atoms with E-state index in [1.807, 2.05) is 48.7 Å². The highest BCUT2D eigenvalue weighted by molar-refractivity contribution is 6.01. The minimum absolute atomic E-state index is 0.0173. The van der Waals surface area contributed by atoms with Gasteiger partial charge in [0.2, 0.25) is 5.91 Å². The van der Waals surface area contributed by atoms with E-state index >= 15 is 0 Å². The van der Waals surface area contributed by atoms with Crippen LogP contribution in [0.1, 0.15) is 44.6 Å². The quantitative estimate of drug-likeness (QED) is 0.644. The Bertz CT molecular complexity index is 1180. The molecule has 2 aromatic carbocycles. The first-order valence-electron chi connectivity index (χ1n) is 10.1. The van der Waals surface area contributed by atoms with E-state index in [4.69, 9.17) is 0 Å². The predicted molar refractivity (Wildman–Crippen MR) is 118 cm³/mol. The van der Waals surface area contributed by atoms with E-state index in [-0.39, 0.29) is 11.8 Å². The van der Waals surface area contributed by atoms with Crippen LogP contribution in [0, 0.1) is 13.8 Å². The van der Waals surface area contributed by atoms with Crippen molar-refractivity contribution in [1.29, 1.82) is 0 Å². The van der Waals surface area contributed by atoms with Crippen LogP contribution in [0.15, 0.2) is 54.6 Å². The van der Waals surface area contributed by atoms with Crippen molar-refractivity contribution in [3.05, 3.63) is 82.7 Å². The van der Waals surface area contributed by atoms with E-state index in [1.165, 1.54) is 6.92 Å². The van der Waals surface area contributed by atoms with E-state index in [1.54, 1.807) is 29.2 Å². The van der Waals surface area contributed by atoms with Gasteiger partial charge in [-0.2, -0.15) is 0 Å². The molecule has 0 radical (unpaired) electrons. The lowest BCUT2D eigenvalue weighted by Gasteiger charge is -2.15. The molecule has 0 unspecified atom stereocenters. The number of aryl methyl sites for hydroxylation is 1. The monoisotopic (exact) mass is 416 g/mol. The van der Waals surface area contributed by atoms with Gasteiger partial charge in [-0.15, -0.1) is 0 Å². The van der Waals surface area contributed by atoms with Crippen molar-refractivity contribution in [3.8, 4) is 5.69 Å². The van der Waals surface area contributed by atoms with Crippen molar-refractivity contribution in [1.82, 2.24) is 15.4 Å². The number of carbonyl (C=O) groups is 3. The molecule has 0 aliphatic carbocycles. The summed E-state index contributed by atoms with van der Waals surface area (Å²) in [5.74, 6) is -0.807. The predicted octanol–water partition coefficient (Wildman–Crippen LogP) is 3.08. The van der Waals surface area contributed by atoms with Gasteiger partial charge in [-0.25, -0.2) is 0 Å². The third-order valence-corrected chi connectivity index (χ3v) is 5.60. The van der Waals surface area contributed by atoms with Crippen LogP contribution in [0.3, 0.4) is 0 Å². The van der Waals surface area contributed by atoms with E-state index in [9.17, 15) is 14.4 Å². The lowest BCUT2D eigenvalue weighted by atomic mass is 10.1. The number of hydrazine groups is 1. The Morgan fingerprint density at radius 1 is 0.903 bits per heavy atom. The summed E-state index contributed by atoms with van der Waals surface area (Å²) in [7, 11) is 0. The highest BCUT2D eigenvalue weighted by Crippen LogP contribution is 2.28. The molecular weight excluding hydrogens is 392 g/mol. The van der Waals surface area contributed by atoms with Crippen LogP contribution in [0.25, 0.3) is 5.69 Å². The van der Waals surface area contributed by atoms with Crippen molar-refractivity contribution in [2.24, 2.45) is 0 Å². The number of amides is 3. The molecule has 0 fully saturated rings. The topological polar surface area (TPSA) is 83.4 Å². The first-order chi connectivity index (χ1) is 14.9. The van der Waals surface area contributed by atoms with Crippen molar-refractivity contribution >= 4 is 23.4 Å². The number of nitrogens with zero attached hydrogens (tertiary/aromatic N) is 2. The maximum atomic E-state index is 12.7. The van der Waals surface area contributed by atoms with Crippen LogP contribution in [0.4, 0.5) is 5.69 Å². The molecule has 4 rings (SSSR count). The Morgan fingerprint density at radius 3 is 2.32 bits per heavy atom. The fourth-order valence-corrected chi connectivity index (χ4v) is 4.09. The first kappa shape index (κ1) is 20.4. The molecular formula is C24H24N4O3. The lowest BCUT2D eigenvalue weighted by molar-refractivity contribution is -0.116. The van der Waals surface area contributed by atoms with Crippen LogP contribution in [0.2, 0.25) is 0 Å². The molecule has 0 spiro atoms. The summed E-state index contributed by atoms with van der Waals surface area (Å²) in [5, 5.41) is 0. The molecule has 158 valence electrons. The summed E-state index contributed by atoms with van der Waals surface area (Å²) in [5.41, 5.74) is 10.4. The number of para-hydroxylation sites is 1. The maximum Gasteiger partial charge on any atom is 0.271 e. The molecule has 0 saturated carbocycles. The normalized spacial score (nSPS) is 12.4. The molecule has 0 bridgehead atoms. The molecule has 3 amide bonds. The Labute approximate surface area is 180 Å². The van der Waals surface area contributed by atoms with Gasteiger partial charge in [-0.1, -0.05) is 18.2 Å². The first-order valence-corrected chi connectivity index (χ1v) is 10.1. The number of fused-ring (bicyclic) bond motifs is 1. The van der Waals surface area contributed by atoms with Gasteiger partial charge in [0.05, 0.1) is 5.56 Å². The van der Waals surface area contributed by atoms with Crippen molar-refractivity contribution in [2.75, 3.05) is 11.4 Å². The standard InChI is InChI=1S/C24H24N4O3/c1-15-13-21(16(2)28(15)20-7-5-4-6-8-20)24(31)26-25-23(30)19-9-10-22-18(14-19)11-12-27(22)17(3)29/h4-10,13-14H,11-12H2,1-3H3,(H,25,30)(H,26,31). The van der Waals surface area contributed by atoms with Gasteiger partial charge in [-0.05, 0) is 62.2 Å². The minimum atomic E-state index is -0.408. The third kappa shape index (κ3) is 3.82. The van der Waals surface area contributed by atoms with E-state index in [2.05, 4.69) is 10.9 Å². The van der Waals surface area contributed by atoms with Gasteiger partial charge in [-0.3, -0.25) is 25.2 Å². The maximum absolute atomic E-state index is 12.7. The molecule has 2 heterocycles. The molecule has 2 N–H and O–H groups in total. The number of rotatable bonds is 3. The molecule has 3 aromatic rings. The second kappa shape index (κ2) is 8.10. The van der Waals surface area contributed by atoms with Crippen LogP contribution >= 0.6 is 0 Å². The second-order valence-corrected chi connectivity index (χ2v) is 7.63. The number of benzene rings is 2. The molecule has 31 heavy (non-hydrogen) atoms. The number of hydrogen-bond acceptors (Lipinski definition) is 3. The van der Waals surface area contributed by atoms with E-state index in [0.717, 1.165) is 28.3 Å². The van der Waals surface area contributed by atoms with Gasteiger partial charge in [0.25, 0.3) is 11.8 Å². The Morgan fingerprint density at radius 2 is 1.61 bits per heavy atom. The van der Waals surface area contributed by atoms with E-state index in [0.29, 0.717) is 24.1 Å². The number of carbonyl (C=O) groups excluding carboxylic acids is 3. The van der Waals surface area contributed by atoms with Crippen LogP contribution in [-0.2, 0) is 11.2 Å². The summed E-state index contributed by atoms with van der Waals surface area (Å²) in [4.78, 5) is 38.7. The van der Waals surface area contributed by atoms with Gasteiger partial charge in [0, 0.05) is 41.8 Å². The Kier molecular flexibility index (Phi) is 5.33. The molecule has 7 nitrogen and oxygen atoms in total. The smallest absolute Gasteiger partial charge is 0.271 e. The minimum Gasteiger partial charge on any atom is -0.318 e. The largest absolute Gasteiger partial charge is 0.318 e. The lowest BCUT2D eigenvalue weighted by Crippen LogP contribution is -2.41. The summed E-state index contributed by atoms with van der Waals surface area (Å²) >= 11 is 0. The zero-order chi connectivity index (χ0) is 22.1. The fourth-order valence-electron chi connectivity index (χ4n) is 4.09. The molecule has 1 aromatic heterocycles. The number of nitrogens with one attached hydrogen (secondary N) is 2. The molecule has 1 aliphatic rings. The molecule has 0 saturated heterocycles. The number of hydrogen-bond donors (Lipinski definition) is 2. The van der Waals surface area contributed by atoms with Crippen LogP contribution < -0.4 is 15.8 Å². The fraction of sp³-hybridized carbons (Fsp3) is 0.208. The highest BCUT2D eigenvalue weighted by atomic mass is 16.2. The van der Waals surface area contributed by atoms with Crippen molar-refractivity contribution in [3.63, 3.8) is 0 Å². The van der Waals surface area contributed by atoms with Crippen molar-refractivity contribution in [2.45, 2.75) is 27.2 Å². The number of anilines is 1. The zero-order valence-corrected chi connectivity index (χ0v) is 17.7. The highest BCUT2D eigenvalue weighted by Gasteiger charge is 2.23. The zero-order valence-electron chi connectivity index (χ0n) is 17.7. The molecule has 1 aliphatic heterocycles. The number of aromatic nitrogens is 1. The average molecular weight is 416 g/mol.